The lowest BCUT2D eigenvalue weighted by atomic mass is 10.1. The van der Waals surface area contributed by atoms with E-state index < -0.39 is 0 Å². The lowest BCUT2D eigenvalue weighted by molar-refractivity contribution is 0.713. The lowest BCUT2D eigenvalue weighted by Crippen LogP contribution is -2.04. The number of halogens is 2. The van der Waals surface area contributed by atoms with E-state index in [1.165, 1.54) is 11.1 Å². The first-order chi connectivity index (χ1) is 4.88. The number of nitrogens with two attached hydrogens (primary N) is 1. The molecule has 0 aliphatic heterocycles. The highest BCUT2D eigenvalue weighted by Crippen LogP contribution is 2.27. The number of hydrogen-bond acceptors (Lipinski definition) is 2. The van der Waals surface area contributed by atoms with E-state index in [9.17, 15) is 0 Å². The molecule has 0 radical (unpaired) electrons. The highest BCUT2D eigenvalue weighted by atomic mass is 35.5. The molecule has 2 N–H and O–H groups in total. The predicted octanol–water partition coefficient (Wildman–Crippen LogP) is 1.87. The molecule has 12 heavy (non-hydrogen) atoms. The molecule has 4 heteroatoms. The number of aromatic nitrogens is 1. The normalized spacial score (nSPS) is 18.9. The smallest absolute Gasteiger partial charge is 0.0303 e. The van der Waals surface area contributed by atoms with Crippen molar-refractivity contribution in [3.8, 4) is 0 Å². The van der Waals surface area contributed by atoms with Gasteiger partial charge in [-0.25, -0.2) is 0 Å². The molecule has 1 aromatic rings. The molecule has 2 rings (SSSR count). The van der Waals surface area contributed by atoms with Crippen LogP contribution in [0.1, 0.15) is 23.6 Å². The standard InChI is InChI=1S/C8H10N2.2ClH/c9-8-2-1-6-5-10-4-3-7(6)8;;/h3-5,8H,1-2,9H2;2*1H. The molecule has 1 unspecified atom stereocenters. The third-order valence-corrected chi connectivity index (χ3v) is 2.07. The summed E-state index contributed by atoms with van der Waals surface area (Å²) in [7, 11) is 0. The second kappa shape index (κ2) is 4.65. The van der Waals surface area contributed by atoms with Gasteiger partial charge in [-0.1, -0.05) is 0 Å². The van der Waals surface area contributed by atoms with Crippen LogP contribution < -0.4 is 5.73 Å². The van der Waals surface area contributed by atoms with Gasteiger partial charge in [0, 0.05) is 18.4 Å². The number of pyridine rings is 1. The van der Waals surface area contributed by atoms with Gasteiger partial charge < -0.3 is 5.73 Å². The minimum atomic E-state index is 0. The van der Waals surface area contributed by atoms with E-state index in [1.807, 2.05) is 18.5 Å². The average molecular weight is 207 g/mol. The van der Waals surface area contributed by atoms with Crippen LogP contribution in [0.25, 0.3) is 0 Å². The maximum absolute atomic E-state index is 5.82. The van der Waals surface area contributed by atoms with E-state index >= 15 is 0 Å². The largest absolute Gasteiger partial charge is 0.324 e. The van der Waals surface area contributed by atoms with Crippen LogP contribution in [0.15, 0.2) is 18.5 Å². The van der Waals surface area contributed by atoms with Crippen molar-refractivity contribution in [1.82, 2.24) is 4.98 Å². The SMILES string of the molecule is Cl.Cl.NC1CCc2cnccc21. The first kappa shape index (κ1) is 11.7. The van der Waals surface area contributed by atoms with Gasteiger partial charge in [-0.15, -0.1) is 24.8 Å². The fraction of sp³-hybridized carbons (Fsp3) is 0.375. The summed E-state index contributed by atoms with van der Waals surface area (Å²) in [6, 6.07) is 2.28. The van der Waals surface area contributed by atoms with Crippen molar-refractivity contribution in [3.05, 3.63) is 29.6 Å². The molecule has 0 bridgehead atoms. The fourth-order valence-corrected chi connectivity index (χ4v) is 1.48. The van der Waals surface area contributed by atoms with Crippen molar-refractivity contribution in [3.63, 3.8) is 0 Å². The topological polar surface area (TPSA) is 38.9 Å². The molecule has 1 aliphatic carbocycles. The molecule has 0 aromatic carbocycles. The first-order valence-electron chi connectivity index (χ1n) is 3.56. The summed E-state index contributed by atoms with van der Waals surface area (Å²) in [5, 5.41) is 0. The van der Waals surface area contributed by atoms with Gasteiger partial charge in [-0.3, -0.25) is 4.98 Å². The molecule has 0 amide bonds. The molecule has 1 aliphatic rings. The predicted molar refractivity (Wildman–Crippen MR) is 54.0 cm³/mol. The van der Waals surface area contributed by atoms with Crippen molar-refractivity contribution in [2.24, 2.45) is 5.73 Å². The van der Waals surface area contributed by atoms with Gasteiger partial charge in [0.1, 0.15) is 0 Å². The van der Waals surface area contributed by atoms with E-state index in [0.29, 0.717) is 0 Å². The maximum atomic E-state index is 5.82. The Morgan fingerprint density at radius 1 is 1.42 bits per heavy atom. The quantitative estimate of drug-likeness (QED) is 0.705. The summed E-state index contributed by atoms with van der Waals surface area (Å²) in [4.78, 5) is 4.04. The van der Waals surface area contributed by atoms with Gasteiger partial charge in [0.15, 0.2) is 0 Å². The van der Waals surface area contributed by atoms with Gasteiger partial charge in [0.05, 0.1) is 0 Å². The van der Waals surface area contributed by atoms with Gasteiger partial charge in [0.2, 0.25) is 0 Å². The van der Waals surface area contributed by atoms with Crippen LogP contribution in [0.3, 0.4) is 0 Å². The van der Waals surface area contributed by atoms with Crippen LogP contribution in [0.4, 0.5) is 0 Å². The van der Waals surface area contributed by atoms with Gasteiger partial charge in [-0.2, -0.15) is 0 Å². The summed E-state index contributed by atoms with van der Waals surface area (Å²) in [5.74, 6) is 0. The van der Waals surface area contributed by atoms with Crippen LogP contribution in [-0.4, -0.2) is 4.98 Å². The van der Waals surface area contributed by atoms with E-state index in [1.54, 1.807) is 0 Å². The molecular weight excluding hydrogens is 195 g/mol. The van der Waals surface area contributed by atoms with E-state index in [4.69, 9.17) is 5.73 Å². The van der Waals surface area contributed by atoms with E-state index in [0.717, 1.165) is 12.8 Å². The van der Waals surface area contributed by atoms with Crippen molar-refractivity contribution in [2.45, 2.75) is 18.9 Å². The second-order valence-corrected chi connectivity index (χ2v) is 2.72. The van der Waals surface area contributed by atoms with Crippen molar-refractivity contribution < 1.29 is 0 Å². The Bertz CT molecular complexity index is 253. The summed E-state index contributed by atoms with van der Waals surface area (Å²) in [6.45, 7) is 0. The minimum Gasteiger partial charge on any atom is -0.324 e. The Hall–Kier alpha value is -0.310. The third-order valence-electron chi connectivity index (χ3n) is 2.07. The lowest BCUT2D eigenvalue weighted by Gasteiger charge is -2.01. The molecule has 1 aromatic heterocycles. The molecule has 0 saturated heterocycles. The van der Waals surface area contributed by atoms with Gasteiger partial charge in [-0.05, 0) is 30.0 Å². The van der Waals surface area contributed by atoms with Crippen molar-refractivity contribution >= 4 is 24.8 Å². The molecule has 0 fully saturated rings. The zero-order valence-electron chi connectivity index (χ0n) is 6.56. The Kier molecular flexibility index (Phi) is 4.53. The van der Waals surface area contributed by atoms with Crippen molar-refractivity contribution in [2.75, 3.05) is 0 Å². The molecule has 1 atom stereocenters. The van der Waals surface area contributed by atoms with E-state index in [2.05, 4.69) is 4.98 Å². The zero-order chi connectivity index (χ0) is 6.97. The van der Waals surface area contributed by atoms with E-state index in [-0.39, 0.29) is 30.9 Å². The highest BCUT2D eigenvalue weighted by Gasteiger charge is 2.17. The van der Waals surface area contributed by atoms with Crippen LogP contribution in [0, 0.1) is 0 Å². The summed E-state index contributed by atoms with van der Waals surface area (Å²) in [6.07, 6.45) is 5.91. The van der Waals surface area contributed by atoms with Crippen LogP contribution in [-0.2, 0) is 6.42 Å². The third kappa shape index (κ3) is 1.89. The molecule has 2 nitrogen and oxygen atoms in total. The molecule has 0 saturated carbocycles. The Balaban J connectivity index is 0.000000605. The highest BCUT2D eigenvalue weighted by molar-refractivity contribution is 5.85. The second-order valence-electron chi connectivity index (χ2n) is 2.72. The number of fused-ring (bicyclic) bond motifs is 1. The zero-order valence-corrected chi connectivity index (χ0v) is 8.20. The average Bonchev–Trinajstić information content (AvgIpc) is 2.34. The Morgan fingerprint density at radius 2 is 2.17 bits per heavy atom. The van der Waals surface area contributed by atoms with Crippen LogP contribution in [0.2, 0.25) is 0 Å². The minimum absolute atomic E-state index is 0. The molecular formula is C8H12Cl2N2. The fourth-order valence-electron chi connectivity index (χ4n) is 1.48. The first-order valence-corrected chi connectivity index (χ1v) is 3.56. The van der Waals surface area contributed by atoms with Gasteiger partial charge in [0.25, 0.3) is 0 Å². The Labute approximate surface area is 84.4 Å². The maximum Gasteiger partial charge on any atom is 0.0303 e. The summed E-state index contributed by atoms with van der Waals surface area (Å²) >= 11 is 0. The van der Waals surface area contributed by atoms with Crippen LogP contribution >= 0.6 is 24.8 Å². The number of aryl methyl sites for hydroxylation is 1. The number of hydrogen-bond donors (Lipinski definition) is 1. The molecule has 68 valence electrons. The van der Waals surface area contributed by atoms with Gasteiger partial charge >= 0.3 is 0 Å². The molecule has 1 heterocycles. The monoisotopic (exact) mass is 206 g/mol. The summed E-state index contributed by atoms with van der Waals surface area (Å²) in [5.41, 5.74) is 8.43. The number of nitrogens with zero attached hydrogens (tertiary/aromatic N) is 1. The number of rotatable bonds is 0. The summed E-state index contributed by atoms with van der Waals surface area (Å²) < 4.78 is 0. The Morgan fingerprint density at radius 3 is 2.83 bits per heavy atom. The molecule has 0 spiro atoms. The van der Waals surface area contributed by atoms with Crippen molar-refractivity contribution in [1.29, 1.82) is 0 Å². The van der Waals surface area contributed by atoms with Crippen LogP contribution in [0.5, 0.6) is 0 Å².